The zero-order valence-corrected chi connectivity index (χ0v) is 18.0. The maximum absolute atomic E-state index is 5.23. The Kier molecular flexibility index (Phi) is 9.70. The molecular weight excluding hydrogens is 391 g/mol. The Bertz CT molecular complexity index is 519. The Hall–Kier alpha value is 0.647. The van der Waals surface area contributed by atoms with Crippen LogP contribution in [0, 0.1) is 0 Å². The number of rotatable bonds is 11. The molecular formula is C13H19NO2S5Si. The number of ether oxygens (including phenoxy) is 2. The predicted octanol–water partition coefficient (Wildman–Crippen LogP) is 4.89. The van der Waals surface area contributed by atoms with Crippen LogP contribution in [0.15, 0.2) is 28.6 Å². The van der Waals surface area contributed by atoms with Crippen LogP contribution in [0.3, 0.4) is 0 Å². The van der Waals surface area contributed by atoms with Gasteiger partial charge in [-0.05, 0) is 49.0 Å². The third kappa shape index (κ3) is 6.64. The Morgan fingerprint density at radius 1 is 1.23 bits per heavy atom. The van der Waals surface area contributed by atoms with E-state index in [0.29, 0.717) is 0 Å². The fraction of sp³-hybridized carbons (Fsp3) is 0.462. The number of hydrogen-bond acceptors (Lipinski definition) is 8. The molecule has 0 N–H and O–H groups in total. The lowest BCUT2D eigenvalue weighted by Crippen LogP contribution is -2.20. The van der Waals surface area contributed by atoms with Gasteiger partial charge in [-0.3, -0.25) is 0 Å². The van der Waals surface area contributed by atoms with Crippen LogP contribution in [0.4, 0.5) is 0 Å². The molecule has 122 valence electrons. The summed E-state index contributed by atoms with van der Waals surface area (Å²) in [5, 5.41) is 0. The Morgan fingerprint density at radius 3 is 2.82 bits per heavy atom. The number of para-hydroxylation sites is 1. The van der Waals surface area contributed by atoms with Crippen molar-refractivity contribution >= 4 is 72.3 Å². The van der Waals surface area contributed by atoms with Crippen molar-refractivity contribution in [1.29, 1.82) is 0 Å². The van der Waals surface area contributed by atoms with Gasteiger partial charge >= 0.3 is 0 Å². The maximum Gasteiger partial charge on any atom is 0.162 e. The van der Waals surface area contributed by atoms with Crippen molar-refractivity contribution < 1.29 is 9.47 Å². The molecule has 1 aromatic heterocycles. The SMILES string of the molecule is COC(OC)[SiH2]CCCSSSSc1nc2ccccc2s1. The number of aromatic nitrogens is 1. The summed E-state index contributed by atoms with van der Waals surface area (Å²) < 4.78 is 12.9. The fourth-order valence-corrected chi connectivity index (χ4v) is 10.9. The van der Waals surface area contributed by atoms with Crippen molar-refractivity contribution in [3.8, 4) is 0 Å². The molecule has 1 heterocycles. The van der Waals surface area contributed by atoms with Gasteiger partial charge in [0.05, 0.1) is 19.7 Å². The number of methoxy groups -OCH3 is 2. The standard InChI is InChI=1S/C13H19NO2S5Si/c1-15-13(16-2)22-9-5-8-17-20-21-19-12-14-10-6-3-4-7-11(10)18-12/h3-4,6-7,13H,5,8-9,22H2,1-2H3. The van der Waals surface area contributed by atoms with Crippen LogP contribution in [0.25, 0.3) is 10.2 Å². The van der Waals surface area contributed by atoms with Gasteiger partial charge in [-0.25, -0.2) is 4.98 Å². The second-order valence-electron chi connectivity index (χ2n) is 4.39. The number of hydrogen-bond donors (Lipinski definition) is 0. The van der Waals surface area contributed by atoms with Gasteiger partial charge < -0.3 is 9.47 Å². The van der Waals surface area contributed by atoms with Crippen LogP contribution in [-0.2, 0) is 9.47 Å². The molecule has 0 radical (unpaired) electrons. The molecule has 0 unspecified atom stereocenters. The highest BCUT2D eigenvalue weighted by Crippen LogP contribution is 2.48. The summed E-state index contributed by atoms with van der Waals surface area (Å²) >= 11 is 1.76. The molecule has 1 aromatic carbocycles. The minimum Gasteiger partial charge on any atom is -0.360 e. The predicted molar refractivity (Wildman–Crippen MR) is 109 cm³/mol. The first-order valence-corrected chi connectivity index (χ1v) is 14.5. The van der Waals surface area contributed by atoms with E-state index in [4.69, 9.17) is 9.47 Å². The minimum atomic E-state index is -0.258. The lowest BCUT2D eigenvalue weighted by atomic mass is 10.3. The zero-order chi connectivity index (χ0) is 15.6. The molecule has 0 bridgehead atoms. The monoisotopic (exact) mass is 409 g/mol. The molecule has 0 saturated carbocycles. The third-order valence-electron chi connectivity index (χ3n) is 2.90. The van der Waals surface area contributed by atoms with Crippen LogP contribution in [-0.4, -0.2) is 40.4 Å². The van der Waals surface area contributed by atoms with Crippen LogP contribution in [0.5, 0.6) is 0 Å². The van der Waals surface area contributed by atoms with E-state index in [1.165, 1.54) is 22.9 Å². The largest absolute Gasteiger partial charge is 0.360 e. The summed E-state index contributed by atoms with van der Waals surface area (Å²) in [6.45, 7) is 0. The van der Waals surface area contributed by atoms with Crippen molar-refractivity contribution in [2.24, 2.45) is 0 Å². The molecule has 22 heavy (non-hydrogen) atoms. The molecule has 0 aliphatic heterocycles. The molecule has 0 fully saturated rings. The van der Waals surface area contributed by atoms with E-state index >= 15 is 0 Å². The van der Waals surface area contributed by atoms with Crippen LogP contribution >= 0.6 is 52.6 Å². The van der Waals surface area contributed by atoms with E-state index in [1.807, 2.05) is 26.7 Å². The van der Waals surface area contributed by atoms with E-state index in [0.717, 1.165) is 9.86 Å². The molecule has 0 amide bonds. The van der Waals surface area contributed by atoms with E-state index in [-0.39, 0.29) is 15.4 Å². The average Bonchev–Trinajstić information content (AvgIpc) is 2.96. The summed E-state index contributed by atoms with van der Waals surface area (Å²) in [5.74, 6) is 1.27. The van der Waals surface area contributed by atoms with Crippen molar-refractivity contribution in [2.75, 3.05) is 20.0 Å². The van der Waals surface area contributed by atoms with Crippen LogP contribution < -0.4 is 0 Å². The molecule has 2 rings (SSSR count). The van der Waals surface area contributed by atoms with Gasteiger partial charge in [0.25, 0.3) is 0 Å². The van der Waals surface area contributed by atoms with Crippen molar-refractivity contribution in [3.63, 3.8) is 0 Å². The molecule has 0 saturated heterocycles. The Balaban J connectivity index is 1.52. The third-order valence-corrected chi connectivity index (χ3v) is 12.6. The molecule has 0 spiro atoms. The van der Waals surface area contributed by atoms with Crippen molar-refractivity contribution in [3.05, 3.63) is 24.3 Å². The van der Waals surface area contributed by atoms with Gasteiger partial charge in [0.1, 0.15) is 5.91 Å². The summed E-state index contributed by atoms with van der Waals surface area (Å²) in [6, 6.07) is 9.57. The van der Waals surface area contributed by atoms with Gasteiger partial charge in [-0.1, -0.05) is 29.0 Å². The Labute approximate surface area is 153 Å². The molecule has 0 atom stereocenters. The second-order valence-corrected chi connectivity index (χ2v) is 13.6. The number of thiazole rings is 1. The van der Waals surface area contributed by atoms with Gasteiger partial charge in [0, 0.05) is 20.0 Å². The number of benzene rings is 1. The maximum atomic E-state index is 5.23. The molecule has 3 nitrogen and oxygen atoms in total. The second kappa shape index (κ2) is 11.2. The van der Waals surface area contributed by atoms with Gasteiger partial charge in [0.15, 0.2) is 4.34 Å². The topological polar surface area (TPSA) is 31.4 Å². The first kappa shape index (κ1) is 19.0. The highest BCUT2D eigenvalue weighted by atomic mass is 33.7. The number of fused-ring (bicyclic) bond motifs is 1. The number of nitrogens with zero attached hydrogens (tertiary/aromatic N) is 1. The van der Waals surface area contributed by atoms with Crippen molar-refractivity contribution in [1.82, 2.24) is 4.98 Å². The highest BCUT2D eigenvalue weighted by Gasteiger charge is 2.06. The normalized spacial score (nSPS) is 12.1. The lowest BCUT2D eigenvalue weighted by molar-refractivity contribution is -0.0441. The molecule has 0 aliphatic rings. The summed E-state index contributed by atoms with van der Waals surface area (Å²) in [5.41, 5.74) is 1.10. The van der Waals surface area contributed by atoms with E-state index in [2.05, 4.69) is 23.2 Å². The van der Waals surface area contributed by atoms with Crippen molar-refractivity contribution in [2.45, 2.75) is 22.7 Å². The van der Waals surface area contributed by atoms with Gasteiger partial charge in [0.2, 0.25) is 0 Å². The van der Waals surface area contributed by atoms with E-state index in [1.54, 1.807) is 46.2 Å². The quantitative estimate of drug-likeness (QED) is 0.226. The van der Waals surface area contributed by atoms with Gasteiger partial charge in [-0.15, -0.1) is 11.3 Å². The summed E-state index contributed by atoms with van der Waals surface area (Å²) in [6.07, 6.45) is 1.25. The summed E-state index contributed by atoms with van der Waals surface area (Å²) in [7, 11) is 10.5. The Morgan fingerprint density at radius 2 is 2.05 bits per heavy atom. The first-order valence-electron chi connectivity index (χ1n) is 6.87. The molecule has 2 aromatic rings. The fourth-order valence-electron chi connectivity index (χ4n) is 1.79. The molecule has 0 aliphatic carbocycles. The average molecular weight is 410 g/mol. The minimum absolute atomic E-state index is 0.0848. The van der Waals surface area contributed by atoms with Crippen LogP contribution in [0.2, 0.25) is 6.04 Å². The smallest absolute Gasteiger partial charge is 0.162 e. The lowest BCUT2D eigenvalue weighted by Gasteiger charge is -2.11. The van der Waals surface area contributed by atoms with E-state index < -0.39 is 0 Å². The van der Waals surface area contributed by atoms with E-state index in [9.17, 15) is 0 Å². The molecule has 9 heteroatoms. The van der Waals surface area contributed by atoms with Gasteiger partial charge in [-0.2, -0.15) is 0 Å². The highest BCUT2D eigenvalue weighted by molar-refractivity contribution is 9.26. The van der Waals surface area contributed by atoms with Crippen LogP contribution in [0.1, 0.15) is 6.42 Å². The summed E-state index contributed by atoms with van der Waals surface area (Å²) in [4.78, 5) is 4.61. The first-order chi connectivity index (χ1) is 10.8. The zero-order valence-electron chi connectivity index (χ0n) is 12.5.